The molecule has 1 aromatic heterocycles. The molecule has 0 aliphatic heterocycles. The molecule has 1 atom stereocenters. The highest BCUT2D eigenvalue weighted by molar-refractivity contribution is 7.80. The third-order valence-electron chi connectivity index (χ3n) is 3.35. The second kappa shape index (κ2) is 5.18. The molecule has 5 heteroatoms. The Morgan fingerprint density at radius 2 is 1.83 bits per heavy atom. The predicted molar refractivity (Wildman–Crippen MR) is 79.9 cm³/mol. The number of anilines is 1. The quantitative estimate of drug-likeness (QED) is 0.823. The average molecular weight is 266 g/mol. The molecule has 1 unspecified atom stereocenters. The number of thiocarbonyl (C=S) groups is 1. The molecule has 0 radical (unpaired) electrons. The predicted octanol–water partition coefficient (Wildman–Crippen LogP) is 2.57. The Morgan fingerprint density at radius 3 is 2.28 bits per heavy atom. The molecule has 0 aliphatic rings. The van der Waals surface area contributed by atoms with Gasteiger partial charge in [0.25, 0.3) is 0 Å². The molecule has 100 valence electrons. The average Bonchev–Trinajstić information content (AvgIpc) is 2.21. The molecule has 1 aromatic rings. The van der Waals surface area contributed by atoms with Crippen molar-refractivity contribution >= 4 is 23.0 Å². The summed E-state index contributed by atoms with van der Waals surface area (Å²) in [4.78, 5) is 0.356. The van der Waals surface area contributed by atoms with E-state index in [2.05, 4.69) is 43.2 Å². The van der Waals surface area contributed by atoms with Crippen molar-refractivity contribution in [2.75, 3.05) is 5.32 Å². The molecule has 0 saturated carbocycles. The number of nitrogens with two attached hydrogens (primary N) is 1. The Labute approximate surface area is 114 Å². The molecule has 0 aromatic carbocycles. The molecule has 0 aliphatic carbocycles. The number of hydrogen-bond acceptors (Lipinski definition) is 4. The van der Waals surface area contributed by atoms with Gasteiger partial charge in [-0.05, 0) is 31.7 Å². The summed E-state index contributed by atoms with van der Waals surface area (Å²) in [6, 6.07) is 0.238. The van der Waals surface area contributed by atoms with E-state index in [0.29, 0.717) is 10.8 Å². The van der Waals surface area contributed by atoms with Crippen molar-refractivity contribution in [3.63, 3.8) is 0 Å². The number of aromatic nitrogens is 2. The van der Waals surface area contributed by atoms with Crippen LogP contribution < -0.4 is 11.1 Å². The number of aryl methyl sites for hydroxylation is 1. The minimum Gasteiger partial charge on any atom is -0.389 e. The Bertz CT molecular complexity index is 463. The van der Waals surface area contributed by atoms with Crippen molar-refractivity contribution in [1.29, 1.82) is 0 Å². The lowest BCUT2D eigenvalue weighted by Crippen LogP contribution is -2.32. The zero-order valence-corrected chi connectivity index (χ0v) is 12.8. The van der Waals surface area contributed by atoms with Crippen LogP contribution in [0, 0.1) is 19.3 Å². The van der Waals surface area contributed by atoms with E-state index in [9.17, 15) is 0 Å². The van der Waals surface area contributed by atoms with Gasteiger partial charge < -0.3 is 11.1 Å². The largest absolute Gasteiger partial charge is 0.389 e. The van der Waals surface area contributed by atoms with Gasteiger partial charge in [0.15, 0.2) is 5.82 Å². The van der Waals surface area contributed by atoms with Crippen molar-refractivity contribution in [2.24, 2.45) is 11.1 Å². The van der Waals surface area contributed by atoms with Crippen LogP contribution in [-0.4, -0.2) is 21.2 Å². The second-order valence-corrected chi connectivity index (χ2v) is 6.17. The van der Waals surface area contributed by atoms with Crippen LogP contribution in [0.25, 0.3) is 0 Å². The fourth-order valence-corrected chi connectivity index (χ4v) is 1.68. The zero-order valence-electron chi connectivity index (χ0n) is 12.0. The Kier molecular flexibility index (Phi) is 4.27. The summed E-state index contributed by atoms with van der Waals surface area (Å²) in [6.45, 7) is 12.5. The second-order valence-electron chi connectivity index (χ2n) is 5.73. The minimum absolute atomic E-state index is 0.119. The monoisotopic (exact) mass is 266 g/mol. The first-order valence-electron chi connectivity index (χ1n) is 6.04. The van der Waals surface area contributed by atoms with Crippen LogP contribution in [0.4, 0.5) is 5.82 Å². The summed E-state index contributed by atoms with van der Waals surface area (Å²) in [5, 5.41) is 11.7. The van der Waals surface area contributed by atoms with E-state index in [1.807, 2.05) is 13.8 Å². The van der Waals surface area contributed by atoms with E-state index < -0.39 is 0 Å². The van der Waals surface area contributed by atoms with Crippen LogP contribution in [0.2, 0.25) is 0 Å². The molecule has 4 nitrogen and oxygen atoms in total. The molecule has 3 N–H and O–H groups in total. The first-order valence-corrected chi connectivity index (χ1v) is 6.45. The molecule has 0 saturated heterocycles. The van der Waals surface area contributed by atoms with E-state index in [4.69, 9.17) is 18.0 Å². The molecule has 1 rings (SSSR count). The Balaban J connectivity index is 3.18. The van der Waals surface area contributed by atoms with Crippen LogP contribution in [0.5, 0.6) is 0 Å². The van der Waals surface area contributed by atoms with E-state index in [1.165, 1.54) is 0 Å². The summed E-state index contributed by atoms with van der Waals surface area (Å²) in [7, 11) is 0. The van der Waals surface area contributed by atoms with E-state index >= 15 is 0 Å². The number of nitrogens with zero attached hydrogens (tertiary/aromatic N) is 2. The fourth-order valence-electron chi connectivity index (χ4n) is 1.43. The van der Waals surface area contributed by atoms with Crippen molar-refractivity contribution in [1.82, 2.24) is 10.2 Å². The highest BCUT2D eigenvalue weighted by Gasteiger charge is 2.22. The van der Waals surface area contributed by atoms with Crippen molar-refractivity contribution in [3.05, 3.63) is 16.8 Å². The SMILES string of the molecule is Cc1nnc(NC(C)C(C)(C)C)c(C(N)=S)c1C. The zero-order chi connectivity index (χ0) is 14.1. The van der Waals surface area contributed by atoms with Crippen LogP contribution in [0.3, 0.4) is 0 Å². The van der Waals surface area contributed by atoms with Crippen LogP contribution in [-0.2, 0) is 0 Å². The van der Waals surface area contributed by atoms with Gasteiger partial charge in [0, 0.05) is 6.04 Å². The number of rotatable bonds is 3. The van der Waals surface area contributed by atoms with Gasteiger partial charge in [0.05, 0.1) is 11.3 Å². The maximum Gasteiger partial charge on any atom is 0.159 e. The van der Waals surface area contributed by atoms with Crippen LogP contribution in [0.15, 0.2) is 0 Å². The van der Waals surface area contributed by atoms with Gasteiger partial charge in [-0.25, -0.2) is 0 Å². The highest BCUT2D eigenvalue weighted by Crippen LogP contribution is 2.25. The molecule has 0 spiro atoms. The van der Waals surface area contributed by atoms with Gasteiger partial charge in [-0.15, -0.1) is 5.10 Å². The number of nitrogens with one attached hydrogen (secondary N) is 1. The van der Waals surface area contributed by atoms with Gasteiger partial charge >= 0.3 is 0 Å². The number of hydrogen-bond donors (Lipinski definition) is 2. The van der Waals surface area contributed by atoms with Gasteiger partial charge in [-0.3, -0.25) is 0 Å². The molecule has 0 fully saturated rings. The first-order chi connectivity index (χ1) is 8.14. The van der Waals surface area contributed by atoms with Gasteiger partial charge in [-0.1, -0.05) is 33.0 Å². The fraction of sp³-hybridized carbons (Fsp3) is 0.615. The lowest BCUT2D eigenvalue weighted by molar-refractivity contribution is 0.358. The topological polar surface area (TPSA) is 63.8 Å². The molecular formula is C13H22N4S. The molecular weight excluding hydrogens is 244 g/mol. The van der Waals surface area contributed by atoms with Crippen molar-refractivity contribution < 1.29 is 0 Å². The van der Waals surface area contributed by atoms with Gasteiger partial charge in [-0.2, -0.15) is 5.10 Å². The van der Waals surface area contributed by atoms with Gasteiger partial charge in [0.1, 0.15) is 4.99 Å². The molecule has 0 amide bonds. The highest BCUT2D eigenvalue weighted by atomic mass is 32.1. The third-order valence-corrected chi connectivity index (χ3v) is 3.56. The van der Waals surface area contributed by atoms with E-state index in [-0.39, 0.29) is 11.5 Å². The van der Waals surface area contributed by atoms with Crippen LogP contribution >= 0.6 is 12.2 Å². The first kappa shape index (κ1) is 14.8. The maximum atomic E-state index is 5.79. The smallest absolute Gasteiger partial charge is 0.159 e. The van der Waals surface area contributed by atoms with E-state index in [0.717, 1.165) is 16.8 Å². The summed E-state index contributed by atoms with van der Waals surface area (Å²) in [5.74, 6) is 0.674. The standard InChI is InChI=1S/C13H22N4S/c1-7-8(2)16-17-12(10(7)11(14)18)15-9(3)13(4,5)6/h9H,1-6H3,(H2,14,18)(H,15,17). The minimum atomic E-state index is 0.119. The lowest BCUT2D eigenvalue weighted by atomic mass is 9.88. The summed E-state index contributed by atoms with van der Waals surface area (Å²) >= 11 is 5.11. The Morgan fingerprint density at radius 1 is 1.28 bits per heavy atom. The van der Waals surface area contributed by atoms with Crippen molar-refractivity contribution in [2.45, 2.75) is 47.6 Å². The summed E-state index contributed by atoms with van der Waals surface area (Å²) in [6.07, 6.45) is 0. The van der Waals surface area contributed by atoms with Crippen molar-refractivity contribution in [3.8, 4) is 0 Å². The van der Waals surface area contributed by atoms with E-state index in [1.54, 1.807) is 0 Å². The molecule has 0 bridgehead atoms. The lowest BCUT2D eigenvalue weighted by Gasteiger charge is -2.29. The summed E-state index contributed by atoms with van der Waals surface area (Å²) in [5.41, 5.74) is 8.55. The third kappa shape index (κ3) is 3.16. The normalized spacial score (nSPS) is 13.2. The Hall–Kier alpha value is -1.23. The van der Waals surface area contributed by atoms with Crippen LogP contribution in [0.1, 0.15) is 44.5 Å². The van der Waals surface area contributed by atoms with Gasteiger partial charge in [0.2, 0.25) is 0 Å². The maximum absolute atomic E-state index is 5.79. The molecule has 1 heterocycles. The molecule has 18 heavy (non-hydrogen) atoms. The summed E-state index contributed by atoms with van der Waals surface area (Å²) < 4.78 is 0.